The van der Waals surface area contributed by atoms with Crippen molar-refractivity contribution in [3.63, 3.8) is 0 Å². The average molecular weight is 333 g/mol. The van der Waals surface area contributed by atoms with E-state index in [2.05, 4.69) is 19.0 Å². The Bertz CT molecular complexity index is 630. The summed E-state index contributed by atoms with van der Waals surface area (Å²) in [6.45, 7) is 2.40. The Hall–Kier alpha value is -1.42. The van der Waals surface area contributed by atoms with Crippen molar-refractivity contribution in [2.24, 2.45) is 0 Å². The summed E-state index contributed by atoms with van der Waals surface area (Å²) in [7, 11) is 4.12. The number of carbonyl (C=O) groups excluding carboxylic acids is 1. The van der Waals surface area contributed by atoms with E-state index in [0.29, 0.717) is 0 Å². The first kappa shape index (κ1) is 17.4. The van der Waals surface area contributed by atoms with Crippen molar-refractivity contribution in [1.82, 2.24) is 4.90 Å². The van der Waals surface area contributed by atoms with Crippen molar-refractivity contribution in [3.8, 4) is 0 Å². The fraction of sp³-hybridized carbons (Fsp3) is 0.650. The second-order valence-electron chi connectivity index (χ2n) is 7.73. The van der Waals surface area contributed by atoms with Gasteiger partial charge in [-0.1, -0.05) is 12.5 Å². The molecule has 0 aromatic heterocycles. The third-order valence-corrected chi connectivity index (χ3v) is 6.02. The number of benzene rings is 1. The molecule has 2 aliphatic carbocycles. The lowest BCUT2D eigenvalue weighted by atomic mass is 9.53. The van der Waals surface area contributed by atoms with Gasteiger partial charge in [-0.3, -0.25) is 4.79 Å². The molecule has 1 aromatic rings. The number of hydrogen-bond donors (Lipinski definition) is 0. The molecule has 1 aromatic carbocycles. The highest BCUT2D eigenvalue weighted by atomic mass is 19.1. The summed E-state index contributed by atoms with van der Waals surface area (Å²) in [6, 6.07) is 5.18. The van der Waals surface area contributed by atoms with Gasteiger partial charge in [-0.15, -0.1) is 0 Å². The van der Waals surface area contributed by atoms with E-state index in [-0.39, 0.29) is 17.2 Å². The maximum atomic E-state index is 14.1. The Morgan fingerprint density at radius 3 is 2.71 bits per heavy atom. The largest absolute Gasteiger partial charge is 0.458 e. The molecule has 132 valence electrons. The summed E-state index contributed by atoms with van der Waals surface area (Å²) in [6.07, 6.45) is 6.61. The molecule has 0 saturated heterocycles. The van der Waals surface area contributed by atoms with Gasteiger partial charge in [-0.05, 0) is 82.4 Å². The van der Waals surface area contributed by atoms with Gasteiger partial charge in [0, 0.05) is 12.3 Å². The highest BCUT2D eigenvalue weighted by molar-refractivity contribution is 5.67. The number of hydrogen-bond acceptors (Lipinski definition) is 3. The van der Waals surface area contributed by atoms with Crippen molar-refractivity contribution < 1.29 is 13.9 Å². The van der Waals surface area contributed by atoms with E-state index in [0.717, 1.165) is 57.1 Å². The van der Waals surface area contributed by atoms with E-state index >= 15 is 0 Å². The number of rotatable bonds is 4. The monoisotopic (exact) mass is 333 g/mol. The second-order valence-corrected chi connectivity index (χ2v) is 7.73. The van der Waals surface area contributed by atoms with Gasteiger partial charge >= 0.3 is 5.97 Å². The molecule has 1 fully saturated rings. The molecule has 0 N–H and O–H groups in total. The van der Waals surface area contributed by atoms with Gasteiger partial charge < -0.3 is 9.64 Å². The SMILES string of the molecule is CC(=O)OC12CCCCC1(CCN(C)C)c1cc(F)ccc1CC2. The number of halogens is 1. The quantitative estimate of drug-likeness (QED) is 0.784. The van der Waals surface area contributed by atoms with Gasteiger partial charge in [0.05, 0.1) is 0 Å². The van der Waals surface area contributed by atoms with Crippen LogP contribution in [0.2, 0.25) is 0 Å². The average Bonchev–Trinajstić information content (AvgIpc) is 2.52. The van der Waals surface area contributed by atoms with Crippen LogP contribution in [0.15, 0.2) is 18.2 Å². The minimum atomic E-state index is -0.478. The fourth-order valence-corrected chi connectivity index (χ4v) is 4.97. The molecule has 0 spiro atoms. The summed E-state index contributed by atoms with van der Waals surface area (Å²) in [5, 5.41) is 0. The summed E-state index contributed by atoms with van der Waals surface area (Å²) < 4.78 is 20.1. The lowest BCUT2D eigenvalue weighted by molar-refractivity contribution is -0.177. The second kappa shape index (κ2) is 6.47. The van der Waals surface area contributed by atoms with Crippen molar-refractivity contribution in [2.75, 3.05) is 20.6 Å². The molecule has 0 aliphatic heterocycles. The summed E-state index contributed by atoms with van der Waals surface area (Å²) >= 11 is 0. The van der Waals surface area contributed by atoms with E-state index in [1.807, 2.05) is 6.07 Å². The molecule has 2 atom stereocenters. The molecule has 0 heterocycles. The lowest BCUT2D eigenvalue weighted by Crippen LogP contribution is -2.59. The maximum absolute atomic E-state index is 14.1. The minimum absolute atomic E-state index is 0.192. The zero-order chi connectivity index (χ0) is 17.4. The molecule has 2 aliphatic rings. The Labute approximate surface area is 144 Å². The smallest absolute Gasteiger partial charge is 0.303 e. The Kier molecular flexibility index (Phi) is 4.69. The van der Waals surface area contributed by atoms with Crippen LogP contribution in [-0.2, 0) is 21.4 Å². The molecule has 3 rings (SSSR count). The van der Waals surface area contributed by atoms with Crippen LogP contribution in [0, 0.1) is 5.82 Å². The van der Waals surface area contributed by atoms with Crippen LogP contribution in [0.5, 0.6) is 0 Å². The number of ether oxygens (including phenoxy) is 1. The van der Waals surface area contributed by atoms with E-state index < -0.39 is 5.60 Å². The predicted octanol–water partition coefficient (Wildman–Crippen LogP) is 3.84. The molecule has 0 bridgehead atoms. The van der Waals surface area contributed by atoms with Crippen molar-refractivity contribution in [2.45, 2.75) is 62.9 Å². The number of carbonyl (C=O) groups is 1. The van der Waals surface area contributed by atoms with E-state index in [4.69, 9.17) is 4.74 Å². The van der Waals surface area contributed by atoms with Crippen LogP contribution in [0.25, 0.3) is 0 Å². The number of nitrogens with zero attached hydrogens (tertiary/aromatic N) is 1. The third kappa shape index (κ3) is 2.85. The standard InChI is InChI=1S/C20H28FNO2/c1-15(23)24-20-10-5-4-9-19(20,12-13-22(2)3)18-14-17(21)7-6-16(18)8-11-20/h6-7,14H,4-5,8-13H2,1-3H3. The summed E-state index contributed by atoms with van der Waals surface area (Å²) in [4.78, 5) is 14.1. The van der Waals surface area contributed by atoms with Gasteiger partial charge in [-0.25, -0.2) is 4.39 Å². The first-order valence-electron chi connectivity index (χ1n) is 9.02. The molecule has 24 heavy (non-hydrogen) atoms. The van der Waals surface area contributed by atoms with Gasteiger partial charge in [0.25, 0.3) is 0 Å². The predicted molar refractivity (Wildman–Crippen MR) is 92.5 cm³/mol. The van der Waals surface area contributed by atoms with Crippen LogP contribution >= 0.6 is 0 Å². The van der Waals surface area contributed by atoms with Crippen LogP contribution < -0.4 is 0 Å². The fourth-order valence-electron chi connectivity index (χ4n) is 4.97. The molecule has 4 heteroatoms. The number of aryl methyl sites for hydroxylation is 1. The van der Waals surface area contributed by atoms with E-state index in [1.54, 1.807) is 12.1 Å². The Morgan fingerprint density at radius 1 is 1.25 bits per heavy atom. The number of fused-ring (bicyclic) bond motifs is 3. The van der Waals surface area contributed by atoms with Gasteiger partial charge in [0.1, 0.15) is 11.4 Å². The van der Waals surface area contributed by atoms with Gasteiger partial charge in [-0.2, -0.15) is 0 Å². The molecule has 0 amide bonds. The van der Waals surface area contributed by atoms with Gasteiger partial charge in [0.2, 0.25) is 0 Å². The maximum Gasteiger partial charge on any atom is 0.303 e. The van der Waals surface area contributed by atoms with E-state index in [9.17, 15) is 9.18 Å². The van der Waals surface area contributed by atoms with Crippen molar-refractivity contribution in [1.29, 1.82) is 0 Å². The van der Waals surface area contributed by atoms with Crippen LogP contribution in [0.4, 0.5) is 4.39 Å². The molecule has 2 unspecified atom stereocenters. The molecule has 1 saturated carbocycles. The molecular weight excluding hydrogens is 305 g/mol. The topological polar surface area (TPSA) is 29.5 Å². The highest BCUT2D eigenvalue weighted by Crippen LogP contribution is 2.56. The highest BCUT2D eigenvalue weighted by Gasteiger charge is 2.58. The molecular formula is C20H28FNO2. The zero-order valence-electron chi connectivity index (χ0n) is 15.0. The zero-order valence-corrected chi connectivity index (χ0v) is 15.0. The summed E-state index contributed by atoms with van der Waals surface area (Å²) in [5.74, 6) is -0.409. The number of esters is 1. The third-order valence-electron chi connectivity index (χ3n) is 6.02. The first-order chi connectivity index (χ1) is 11.4. The normalized spacial score (nSPS) is 29.0. The molecule has 3 nitrogen and oxygen atoms in total. The van der Waals surface area contributed by atoms with Crippen molar-refractivity contribution >= 4 is 5.97 Å². The molecule has 0 radical (unpaired) electrons. The van der Waals surface area contributed by atoms with Crippen LogP contribution in [0.3, 0.4) is 0 Å². The van der Waals surface area contributed by atoms with Crippen molar-refractivity contribution in [3.05, 3.63) is 35.1 Å². The van der Waals surface area contributed by atoms with E-state index in [1.165, 1.54) is 12.5 Å². The minimum Gasteiger partial charge on any atom is -0.458 e. The first-order valence-corrected chi connectivity index (χ1v) is 9.02. The summed E-state index contributed by atoms with van der Waals surface area (Å²) in [5.41, 5.74) is 1.56. The van der Waals surface area contributed by atoms with Crippen LogP contribution in [-0.4, -0.2) is 37.1 Å². The Morgan fingerprint density at radius 2 is 2.00 bits per heavy atom. The van der Waals surface area contributed by atoms with Crippen LogP contribution in [0.1, 0.15) is 56.6 Å². The Balaban J connectivity index is 2.14. The lowest BCUT2D eigenvalue weighted by Gasteiger charge is -2.56. The van der Waals surface area contributed by atoms with Gasteiger partial charge in [0.15, 0.2) is 0 Å².